The molecule has 0 aliphatic rings. The smallest absolute Gasteiger partial charge is 0.165 e. The lowest BCUT2D eigenvalue weighted by atomic mass is 9.99. The van der Waals surface area contributed by atoms with Crippen molar-refractivity contribution in [2.24, 2.45) is 5.73 Å². The van der Waals surface area contributed by atoms with Crippen molar-refractivity contribution in [1.82, 2.24) is 0 Å². The number of hydrogen-bond donors (Lipinski definition) is 1. The summed E-state index contributed by atoms with van der Waals surface area (Å²) in [5.74, 6) is -0.819. The van der Waals surface area contributed by atoms with Crippen LogP contribution in [0.2, 0.25) is 5.02 Å². The Morgan fingerprint density at radius 1 is 1.25 bits per heavy atom. The highest BCUT2D eigenvalue weighted by atomic mass is 35.5. The molecule has 1 unspecified atom stereocenters. The summed E-state index contributed by atoms with van der Waals surface area (Å²) in [6.07, 6.45) is 0.265. The van der Waals surface area contributed by atoms with Crippen molar-refractivity contribution >= 4 is 11.6 Å². The summed E-state index contributed by atoms with van der Waals surface area (Å²) in [6.45, 7) is 0. The van der Waals surface area contributed by atoms with Crippen LogP contribution in [0, 0.1) is 11.6 Å². The van der Waals surface area contributed by atoms with E-state index in [9.17, 15) is 8.78 Å². The number of rotatable bonds is 4. The Balaban J connectivity index is 2.24. The first-order chi connectivity index (χ1) is 9.52. The van der Waals surface area contributed by atoms with Crippen LogP contribution in [-0.2, 0) is 6.42 Å². The number of ether oxygens (including phenoxy) is 1. The Hall–Kier alpha value is -1.65. The van der Waals surface area contributed by atoms with Crippen LogP contribution in [0.1, 0.15) is 17.2 Å². The van der Waals surface area contributed by atoms with E-state index in [0.29, 0.717) is 11.1 Å². The summed E-state index contributed by atoms with van der Waals surface area (Å²) in [6, 6.07) is 8.65. The highest BCUT2D eigenvalue weighted by Crippen LogP contribution is 2.26. The van der Waals surface area contributed by atoms with E-state index in [1.807, 2.05) is 0 Å². The molecule has 0 heterocycles. The quantitative estimate of drug-likeness (QED) is 0.930. The van der Waals surface area contributed by atoms with Gasteiger partial charge >= 0.3 is 0 Å². The molecule has 0 fully saturated rings. The Morgan fingerprint density at radius 2 is 2.00 bits per heavy atom. The molecule has 0 spiro atoms. The molecule has 0 aliphatic carbocycles. The molecule has 0 radical (unpaired) electrons. The van der Waals surface area contributed by atoms with Crippen molar-refractivity contribution in [3.05, 3.63) is 64.2 Å². The van der Waals surface area contributed by atoms with Crippen molar-refractivity contribution in [1.29, 1.82) is 0 Å². The van der Waals surface area contributed by atoms with Crippen LogP contribution < -0.4 is 10.5 Å². The third-order valence-electron chi connectivity index (χ3n) is 3.07. The van der Waals surface area contributed by atoms with Crippen molar-refractivity contribution in [3.63, 3.8) is 0 Å². The summed E-state index contributed by atoms with van der Waals surface area (Å²) in [4.78, 5) is 0. The summed E-state index contributed by atoms with van der Waals surface area (Å²) in [5, 5.41) is 0.0615. The number of methoxy groups -OCH3 is 1. The summed E-state index contributed by atoms with van der Waals surface area (Å²) in [5.41, 5.74) is 7.13. The third kappa shape index (κ3) is 3.08. The van der Waals surface area contributed by atoms with Gasteiger partial charge in [-0.3, -0.25) is 0 Å². The molecule has 0 saturated carbocycles. The molecule has 0 amide bonds. The largest absolute Gasteiger partial charge is 0.494 e. The predicted octanol–water partition coefficient (Wildman–Crippen LogP) is 3.87. The molecule has 2 nitrogen and oxygen atoms in total. The van der Waals surface area contributed by atoms with Gasteiger partial charge in [0.25, 0.3) is 0 Å². The van der Waals surface area contributed by atoms with E-state index in [1.54, 1.807) is 18.2 Å². The molecule has 2 aromatic carbocycles. The second-order valence-corrected chi connectivity index (χ2v) is 4.82. The lowest BCUT2D eigenvalue weighted by molar-refractivity contribution is 0.385. The molecule has 2 aromatic rings. The lowest BCUT2D eigenvalue weighted by Gasteiger charge is -2.14. The average Bonchev–Trinajstić information content (AvgIpc) is 2.44. The van der Waals surface area contributed by atoms with Gasteiger partial charge in [0.15, 0.2) is 11.6 Å². The normalized spacial score (nSPS) is 12.2. The number of nitrogens with two attached hydrogens (primary N) is 1. The standard InChI is InChI=1S/C15H14ClF2NO/c1-20-14-8-9(5-6-12(14)17)13(19)7-10-3-2-4-11(16)15(10)18/h2-6,8,13H,7,19H2,1H3. The Kier molecular flexibility index (Phi) is 4.57. The zero-order valence-electron chi connectivity index (χ0n) is 10.9. The zero-order chi connectivity index (χ0) is 14.7. The van der Waals surface area contributed by atoms with Gasteiger partial charge in [-0.25, -0.2) is 8.78 Å². The van der Waals surface area contributed by atoms with Crippen LogP contribution in [0.15, 0.2) is 36.4 Å². The van der Waals surface area contributed by atoms with Gasteiger partial charge in [-0.05, 0) is 35.7 Å². The Morgan fingerprint density at radius 3 is 2.70 bits per heavy atom. The van der Waals surface area contributed by atoms with E-state index in [4.69, 9.17) is 22.1 Å². The van der Waals surface area contributed by atoms with Crippen LogP contribution in [0.3, 0.4) is 0 Å². The fourth-order valence-electron chi connectivity index (χ4n) is 1.97. The van der Waals surface area contributed by atoms with Crippen LogP contribution in [0.25, 0.3) is 0 Å². The summed E-state index contributed by atoms with van der Waals surface area (Å²) in [7, 11) is 1.38. The molecular weight excluding hydrogens is 284 g/mol. The molecule has 0 bridgehead atoms. The van der Waals surface area contributed by atoms with Gasteiger partial charge in [-0.2, -0.15) is 0 Å². The Labute approximate surface area is 121 Å². The maximum atomic E-state index is 13.8. The molecule has 2 N–H and O–H groups in total. The van der Waals surface area contributed by atoms with E-state index < -0.39 is 17.7 Å². The van der Waals surface area contributed by atoms with Gasteiger partial charge in [0.2, 0.25) is 0 Å². The van der Waals surface area contributed by atoms with Crippen LogP contribution >= 0.6 is 11.6 Å². The fourth-order valence-corrected chi connectivity index (χ4v) is 2.16. The summed E-state index contributed by atoms with van der Waals surface area (Å²) >= 11 is 5.73. The second-order valence-electron chi connectivity index (χ2n) is 4.42. The van der Waals surface area contributed by atoms with Gasteiger partial charge in [0, 0.05) is 6.04 Å². The molecule has 20 heavy (non-hydrogen) atoms. The van der Waals surface area contributed by atoms with Crippen molar-refractivity contribution in [2.75, 3.05) is 7.11 Å². The topological polar surface area (TPSA) is 35.2 Å². The third-order valence-corrected chi connectivity index (χ3v) is 3.37. The van der Waals surface area contributed by atoms with Crippen LogP contribution in [-0.4, -0.2) is 7.11 Å². The number of hydrogen-bond acceptors (Lipinski definition) is 2. The first-order valence-electron chi connectivity index (χ1n) is 6.05. The minimum absolute atomic E-state index is 0.0615. The van der Waals surface area contributed by atoms with Gasteiger partial charge in [-0.1, -0.05) is 29.8 Å². The SMILES string of the molecule is COc1cc(C(N)Cc2cccc(Cl)c2F)ccc1F. The molecule has 0 saturated heterocycles. The molecule has 0 aromatic heterocycles. The number of benzene rings is 2. The van der Waals surface area contributed by atoms with E-state index in [1.165, 1.54) is 25.3 Å². The molecular formula is C15H14ClF2NO. The maximum Gasteiger partial charge on any atom is 0.165 e. The Bertz CT molecular complexity index is 619. The molecule has 2 rings (SSSR count). The molecule has 1 atom stereocenters. The monoisotopic (exact) mass is 297 g/mol. The van der Waals surface area contributed by atoms with E-state index in [0.717, 1.165) is 0 Å². The fraction of sp³-hybridized carbons (Fsp3) is 0.200. The van der Waals surface area contributed by atoms with E-state index in [2.05, 4.69) is 0 Å². The predicted molar refractivity (Wildman–Crippen MR) is 75.0 cm³/mol. The maximum absolute atomic E-state index is 13.8. The minimum atomic E-state index is -0.475. The molecule has 106 valence electrons. The van der Waals surface area contributed by atoms with Gasteiger partial charge < -0.3 is 10.5 Å². The van der Waals surface area contributed by atoms with Crippen LogP contribution in [0.5, 0.6) is 5.75 Å². The molecule has 5 heteroatoms. The van der Waals surface area contributed by atoms with Crippen molar-refractivity contribution in [3.8, 4) is 5.75 Å². The van der Waals surface area contributed by atoms with E-state index in [-0.39, 0.29) is 17.2 Å². The van der Waals surface area contributed by atoms with Gasteiger partial charge in [0.05, 0.1) is 12.1 Å². The van der Waals surface area contributed by atoms with Crippen molar-refractivity contribution < 1.29 is 13.5 Å². The minimum Gasteiger partial charge on any atom is -0.494 e. The highest BCUT2D eigenvalue weighted by Gasteiger charge is 2.14. The molecule has 0 aliphatic heterocycles. The van der Waals surface area contributed by atoms with E-state index >= 15 is 0 Å². The number of halogens is 3. The average molecular weight is 298 g/mol. The van der Waals surface area contributed by atoms with Crippen LogP contribution in [0.4, 0.5) is 8.78 Å². The first kappa shape index (κ1) is 14.8. The summed E-state index contributed by atoms with van der Waals surface area (Å²) < 4.78 is 32.1. The van der Waals surface area contributed by atoms with Gasteiger partial charge in [-0.15, -0.1) is 0 Å². The van der Waals surface area contributed by atoms with Gasteiger partial charge in [0.1, 0.15) is 5.82 Å². The second kappa shape index (κ2) is 6.20. The highest BCUT2D eigenvalue weighted by molar-refractivity contribution is 6.30. The lowest BCUT2D eigenvalue weighted by Crippen LogP contribution is -2.14. The van der Waals surface area contributed by atoms with Crippen molar-refractivity contribution in [2.45, 2.75) is 12.5 Å². The first-order valence-corrected chi connectivity index (χ1v) is 6.42. The zero-order valence-corrected chi connectivity index (χ0v) is 11.6.